The molecule has 90 valence electrons. The number of H-pyrrole nitrogens is 1. The van der Waals surface area contributed by atoms with Gasteiger partial charge in [0.25, 0.3) is 5.56 Å². The van der Waals surface area contributed by atoms with E-state index in [1.807, 2.05) is 6.07 Å². The predicted molar refractivity (Wildman–Crippen MR) is 60.6 cm³/mol. The summed E-state index contributed by atoms with van der Waals surface area (Å²) in [7, 11) is 0. The molecule has 2 rings (SSSR count). The standard InChI is InChI=1S/C10H8N6O2/c1-6-13-7-8(14-6)15(4-2-11)10(18)16(5-3-12)9(7)17/h4-5H2,1H3,(H,13,14). The second kappa shape index (κ2) is 4.18. The van der Waals surface area contributed by atoms with E-state index in [0.29, 0.717) is 5.82 Å². The normalized spacial score (nSPS) is 10.2. The van der Waals surface area contributed by atoms with Crippen molar-refractivity contribution in [3.8, 4) is 12.1 Å². The van der Waals surface area contributed by atoms with Crippen LogP contribution in [0.5, 0.6) is 0 Å². The summed E-state index contributed by atoms with van der Waals surface area (Å²) in [5.74, 6) is 0.461. The molecule has 0 amide bonds. The molecule has 2 aromatic rings. The summed E-state index contributed by atoms with van der Waals surface area (Å²) in [4.78, 5) is 30.7. The molecule has 2 aromatic heterocycles. The number of aromatic amines is 1. The van der Waals surface area contributed by atoms with Crippen molar-refractivity contribution in [2.45, 2.75) is 20.0 Å². The Labute approximate surface area is 100 Å². The Kier molecular flexibility index (Phi) is 2.70. The van der Waals surface area contributed by atoms with Crippen LogP contribution in [0.15, 0.2) is 9.59 Å². The molecule has 0 aliphatic carbocycles. The van der Waals surface area contributed by atoms with Gasteiger partial charge in [0.2, 0.25) is 0 Å². The SMILES string of the molecule is Cc1nc2c([nH]1)c(=O)n(CC#N)c(=O)n2CC#N. The van der Waals surface area contributed by atoms with E-state index < -0.39 is 11.2 Å². The lowest BCUT2D eigenvalue weighted by Gasteiger charge is -2.05. The van der Waals surface area contributed by atoms with Crippen molar-refractivity contribution in [3.63, 3.8) is 0 Å². The Morgan fingerprint density at radius 1 is 1.22 bits per heavy atom. The van der Waals surface area contributed by atoms with Gasteiger partial charge in [-0.1, -0.05) is 0 Å². The van der Waals surface area contributed by atoms with Gasteiger partial charge in [-0.15, -0.1) is 0 Å². The Bertz CT molecular complexity index is 810. The van der Waals surface area contributed by atoms with Crippen LogP contribution in [-0.2, 0) is 13.1 Å². The lowest BCUT2D eigenvalue weighted by atomic mass is 10.5. The van der Waals surface area contributed by atoms with E-state index >= 15 is 0 Å². The molecule has 0 aliphatic heterocycles. The molecule has 0 aromatic carbocycles. The lowest BCUT2D eigenvalue weighted by Crippen LogP contribution is -2.39. The highest BCUT2D eigenvalue weighted by molar-refractivity contribution is 5.69. The number of nitriles is 2. The summed E-state index contributed by atoms with van der Waals surface area (Å²) in [6.07, 6.45) is 0. The van der Waals surface area contributed by atoms with Gasteiger partial charge in [-0.25, -0.2) is 14.3 Å². The fourth-order valence-electron chi connectivity index (χ4n) is 1.71. The molecule has 0 saturated heterocycles. The number of aryl methyl sites for hydroxylation is 1. The van der Waals surface area contributed by atoms with Crippen LogP contribution in [0.1, 0.15) is 5.82 Å². The van der Waals surface area contributed by atoms with Crippen molar-refractivity contribution < 1.29 is 0 Å². The molecular formula is C10H8N6O2. The molecule has 0 saturated carbocycles. The van der Waals surface area contributed by atoms with Crippen LogP contribution in [0.25, 0.3) is 11.2 Å². The second-order valence-electron chi connectivity index (χ2n) is 3.60. The first-order valence-corrected chi connectivity index (χ1v) is 5.04. The van der Waals surface area contributed by atoms with Crippen LogP contribution >= 0.6 is 0 Å². The summed E-state index contributed by atoms with van der Waals surface area (Å²) in [5.41, 5.74) is -1.05. The zero-order chi connectivity index (χ0) is 13.3. The number of imidazole rings is 1. The summed E-state index contributed by atoms with van der Waals surface area (Å²) in [6.45, 7) is 1.04. The van der Waals surface area contributed by atoms with Gasteiger partial charge in [-0.2, -0.15) is 10.5 Å². The second-order valence-corrected chi connectivity index (χ2v) is 3.60. The van der Waals surface area contributed by atoms with Crippen molar-refractivity contribution in [2.24, 2.45) is 0 Å². The van der Waals surface area contributed by atoms with Crippen LogP contribution < -0.4 is 11.2 Å². The van der Waals surface area contributed by atoms with Crippen LogP contribution in [0.4, 0.5) is 0 Å². The van der Waals surface area contributed by atoms with Crippen LogP contribution in [-0.4, -0.2) is 19.1 Å². The first kappa shape index (κ1) is 11.6. The number of hydrogen-bond acceptors (Lipinski definition) is 5. The molecule has 0 atom stereocenters. The summed E-state index contributed by atoms with van der Waals surface area (Å²) in [5, 5.41) is 17.3. The Hall–Kier alpha value is -2.87. The highest BCUT2D eigenvalue weighted by atomic mass is 16.2. The summed E-state index contributed by atoms with van der Waals surface area (Å²) >= 11 is 0. The molecule has 0 radical (unpaired) electrons. The fourth-order valence-corrected chi connectivity index (χ4v) is 1.71. The molecule has 0 fully saturated rings. The number of nitrogens with one attached hydrogen (secondary N) is 1. The fraction of sp³-hybridized carbons (Fsp3) is 0.300. The van der Waals surface area contributed by atoms with Crippen molar-refractivity contribution >= 4 is 11.2 Å². The maximum absolute atomic E-state index is 12.0. The molecule has 0 aliphatic rings. The van der Waals surface area contributed by atoms with Crippen LogP contribution in [0, 0.1) is 29.6 Å². The average molecular weight is 244 g/mol. The van der Waals surface area contributed by atoms with Crippen molar-refractivity contribution in [3.05, 3.63) is 26.7 Å². The quantitative estimate of drug-likeness (QED) is 0.744. The van der Waals surface area contributed by atoms with Gasteiger partial charge < -0.3 is 4.98 Å². The van der Waals surface area contributed by atoms with E-state index in [9.17, 15) is 9.59 Å². The average Bonchev–Trinajstić information content (AvgIpc) is 2.72. The minimum atomic E-state index is -0.706. The molecule has 0 bridgehead atoms. The number of aromatic nitrogens is 4. The van der Waals surface area contributed by atoms with Gasteiger partial charge >= 0.3 is 5.69 Å². The monoisotopic (exact) mass is 244 g/mol. The Balaban J connectivity index is 2.98. The smallest absolute Gasteiger partial charge is 0.334 e. The highest BCUT2D eigenvalue weighted by Gasteiger charge is 2.15. The molecule has 8 heteroatoms. The third-order valence-corrected chi connectivity index (χ3v) is 2.44. The van der Waals surface area contributed by atoms with Gasteiger partial charge in [0.15, 0.2) is 5.65 Å². The van der Waals surface area contributed by atoms with Gasteiger partial charge in [-0.3, -0.25) is 9.36 Å². The van der Waals surface area contributed by atoms with E-state index in [2.05, 4.69) is 9.97 Å². The molecule has 8 nitrogen and oxygen atoms in total. The minimum absolute atomic E-state index is 0.123. The predicted octanol–water partition coefficient (Wildman–Crippen LogP) is -0.758. The molecule has 0 spiro atoms. The number of fused-ring (bicyclic) bond motifs is 1. The topological polar surface area (TPSA) is 120 Å². The van der Waals surface area contributed by atoms with E-state index in [1.165, 1.54) is 0 Å². The summed E-state index contributed by atoms with van der Waals surface area (Å²) < 4.78 is 1.84. The minimum Gasteiger partial charge on any atom is -0.336 e. The Morgan fingerprint density at radius 3 is 2.44 bits per heavy atom. The van der Waals surface area contributed by atoms with Gasteiger partial charge in [-0.05, 0) is 6.92 Å². The van der Waals surface area contributed by atoms with E-state index in [0.717, 1.165) is 9.13 Å². The lowest BCUT2D eigenvalue weighted by molar-refractivity contribution is 0.653. The molecule has 18 heavy (non-hydrogen) atoms. The summed E-state index contributed by atoms with van der Waals surface area (Å²) in [6, 6.07) is 3.56. The van der Waals surface area contributed by atoms with E-state index in [-0.39, 0.29) is 24.3 Å². The number of hydrogen-bond donors (Lipinski definition) is 1. The maximum Gasteiger partial charge on any atom is 0.334 e. The van der Waals surface area contributed by atoms with Gasteiger partial charge in [0.1, 0.15) is 24.4 Å². The third kappa shape index (κ3) is 1.57. The molecule has 0 unspecified atom stereocenters. The third-order valence-electron chi connectivity index (χ3n) is 2.44. The number of nitrogens with zero attached hydrogens (tertiary/aromatic N) is 5. The first-order chi connectivity index (χ1) is 8.60. The van der Waals surface area contributed by atoms with Crippen molar-refractivity contribution in [1.82, 2.24) is 19.1 Å². The van der Waals surface area contributed by atoms with Crippen molar-refractivity contribution in [2.75, 3.05) is 0 Å². The van der Waals surface area contributed by atoms with Crippen LogP contribution in [0.2, 0.25) is 0 Å². The molecular weight excluding hydrogens is 236 g/mol. The Morgan fingerprint density at radius 2 is 1.83 bits per heavy atom. The van der Waals surface area contributed by atoms with Crippen LogP contribution in [0.3, 0.4) is 0 Å². The maximum atomic E-state index is 12.0. The van der Waals surface area contributed by atoms with Crippen molar-refractivity contribution in [1.29, 1.82) is 10.5 Å². The van der Waals surface area contributed by atoms with Gasteiger partial charge in [0.05, 0.1) is 12.1 Å². The van der Waals surface area contributed by atoms with E-state index in [4.69, 9.17) is 10.5 Å². The highest BCUT2D eigenvalue weighted by Crippen LogP contribution is 2.04. The largest absolute Gasteiger partial charge is 0.336 e. The number of rotatable bonds is 2. The zero-order valence-electron chi connectivity index (χ0n) is 9.47. The first-order valence-electron chi connectivity index (χ1n) is 5.04. The molecule has 1 N–H and O–H groups in total. The van der Waals surface area contributed by atoms with Gasteiger partial charge in [0, 0.05) is 0 Å². The zero-order valence-corrected chi connectivity index (χ0v) is 9.47. The molecule has 2 heterocycles. The van der Waals surface area contributed by atoms with E-state index in [1.54, 1.807) is 13.0 Å².